The molecule has 0 spiro atoms. The summed E-state index contributed by atoms with van der Waals surface area (Å²) in [5.74, 6) is 0.720. The standard InChI is InChI=1S/C7H11ClN4/c1-12(3-2-9)7-6(8)4-10-5-11-7/h4-5H,2-3,9H2,1H3. The van der Waals surface area contributed by atoms with Gasteiger partial charge in [-0.2, -0.15) is 0 Å². The van der Waals surface area contributed by atoms with Crippen LogP contribution in [0.4, 0.5) is 5.82 Å². The van der Waals surface area contributed by atoms with E-state index < -0.39 is 0 Å². The van der Waals surface area contributed by atoms with E-state index in [1.807, 2.05) is 11.9 Å². The molecule has 0 atom stereocenters. The number of rotatable bonds is 3. The minimum atomic E-state index is 0.549. The van der Waals surface area contributed by atoms with Crippen LogP contribution in [0, 0.1) is 0 Å². The van der Waals surface area contributed by atoms with E-state index in [-0.39, 0.29) is 0 Å². The van der Waals surface area contributed by atoms with Gasteiger partial charge in [-0.15, -0.1) is 0 Å². The van der Waals surface area contributed by atoms with Crippen LogP contribution in [0.2, 0.25) is 5.02 Å². The van der Waals surface area contributed by atoms with Gasteiger partial charge in [0, 0.05) is 20.1 Å². The number of anilines is 1. The molecule has 4 nitrogen and oxygen atoms in total. The van der Waals surface area contributed by atoms with E-state index in [1.54, 1.807) is 6.20 Å². The van der Waals surface area contributed by atoms with Crippen molar-refractivity contribution >= 4 is 17.4 Å². The summed E-state index contributed by atoms with van der Waals surface area (Å²) in [5, 5.41) is 0.549. The normalized spacial score (nSPS) is 9.92. The molecular formula is C7H11ClN4. The van der Waals surface area contributed by atoms with Crippen LogP contribution in [0.25, 0.3) is 0 Å². The van der Waals surface area contributed by atoms with Gasteiger partial charge >= 0.3 is 0 Å². The average molecular weight is 187 g/mol. The van der Waals surface area contributed by atoms with Crippen LogP contribution in [0.5, 0.6) is 0 Å². The summed E-state index contributed by atoms with van der Waals surface area (Å²) in [5.41, 5.74) is 5.39. The number of nitrogens with two attached hydrogens (primary N) is 1. The van der Waals surface area contributed by atoms with Gasteiger partial charge in [-0.1, -0.05) is 11.6 Å². The quantitative estimate of drug-likeness (QED) is 0.748. The van der Waals surface area contributed by atoms with Gasteiger partial charge in [0.15, 0.2) is 5.82 Å². The maximum absolute atomic E-state index is 5.85. The van der Waals surface area contributed by atoms with Crippen LogP contribution >= 0.6 is 11.6 Å². The zero-order chi connectivity index (χ0) is 8.97. The molecule has 66 valence electrons. The molecule has 0 saturated carbocycles. The molecule has 0 aromatic carbocycles. The van der Waals surface area contributed by atoms with E-state index in [1.165, 1.54) is 6.33 Å². The lowest BCUT2D eigenvalue weighted by molar-refractivity contribution is 0.864. The van der Waals surface area contributed by atoms with E-state index in [4.69, 9.17) is 17.3 Å². The Kier molecular flexibility index (Phi) is 3.25. The van der Waals surface area contributed by atoms with E-state index in [9.17, 15) is 0 Å². The van der Waals surface area contributed by atoms with Crippen LogP contribution in [0.15, 0.2) is 12.5 Å². The molecule has 0 fully saturated rings. The predicted molar refractivity (Wildman–Crippen MR) is 49.4 cm³/mol. The van der Waals surface area contributed by atoms with Crippen molar-refractivity contribution in [1.29, 1.82) is 0 Å². The SMILES string of the molecule is CN(CCN)c1ncncc1Cl. The maximum atomic E-state index is 5.85. The lowest BCUT2D eigenvalue weighted by atomic mass is 10.5. The van der Waals surface area contributed by atoms with Crippen LogP contribution < -0.4 is 10.6 Å². The minimum absolute atomic E-state index is 0.549. The Hall–Kier alpha value is -0.870. The third-order valence-corrected chi connectivity index (χ3v) is 1.74. The highest BCUT2D eigenvalue weighted by Gasteiger charge is 2.05. The third kappa shape index (κ3) is 2.06. The van der Waals surface area contributed by atoms with Gasteiger partial charge in [-0.3, -0.25) is 0 Å². The lowest BCUT2D eigenvalue weighted by Crippen LogP contribution is -2.26. The molecule has 0 unspecified atom stereocenters. The second kappa shape index (κ2) is 4.23. The van der Waals surface area contributed by atoms with Crippen molar-refractivity contribution in [3.63, 3.8) is 0 Å². The van der Waals surface area contributed by atoms with Crippen molar-refractivity contribution in [1.82, 2.24) is 9.97 Å². The molecule has 5 heteroatoms. The van der Waals surface area contributed by atoms with Crippen LogP contribution in [0.1, 0.15) is 0 Å². The first-order valence-corrected chi connectivity index (χ1v) is 4.00. The average Bonchev–Trinajstić information content (AvgIpc) is 2.05. The zero-order valence-electron chi connectivity index (χ0n) is 6.87. The summed E-state index contributed by atoms with van der Waals surface area (Å²) in [6, 6.07) is 0. The lowest BCUT2D eigenvalue weighted by Gasteiger charge is -2.17. The molecule has 1 aromatic rings. The summed E-state index contributed by atoms with van der Waals surface area (Å²) < 4.78 is 0. The topological polar surface area (TPSA) is 55.0 Å². The summed E-state index contributed by atoms with van der Waals surface area (Å²) in [4.78, 5) is 9.70. The molecule has 0 aliphatic carbocycles. The predicted octanol–water partition coefficient (Wildman–Crippen LogP) is 0.525. The summed E-state index contributed by atoms with van der Waals surface area (Å²) >= 11 is 5.85. The molecule has 0 aliphatic heterocycles. The third-order valence-electron chi connectivity index (χ3n) is 1.47. The molecule has 1 heterocycles. The summed E-state index contributed by atoms with van der Waals surface area (Å²) in [7, 11) is 1.89. The van der Waals surface area contributed by atoms with Crippen LogP contribution in [-0.2, 0) is 0 Å². The number of hydrogen-bond donors (Lipinski definition) is 1. The number of halogens is 1. The molecule has 1 rings (SSSR count). The van der Waals surface area contributed by atoms with Gasteiger partial charge in [0.2, 0.25) is 0 Å². The Labute approximate surface area is 76.4 Å². The van der Waals surface area contributed by atoms with Crippen LogP contribution in [0.3, 0.4) is 0 Å². The Morgan fingerprint density at radius 3 is 3.00 bits per heavy atom. The van der Waals surface area contributed by atoms with Gasteiger partial charge in [-0.25, -0.2) is 9.97 Å². The fourth-order valence-corrected chi connectivity index (χ4v) is 1.14. The zero-order valence-corrected chi connectivity index (χ0v) is 7.62. The smallest absolute Gasteiger partial charge is 0.150 e. The van der Waals surface area contributed by atoms with Gasteiger partial charge < -0.3 is 10.6 Å². The number of hydrogen-bond acceptors (Lipinski definition) is 4. The molecule has 1 aromatic heterocycles. The van der Waals surface area contributed by atoms with Crippen molar-refractivity contribution in [3.8, 4) is 0 Å². The summed E-state index contributed by atoms with van der Waals surface area (Å²) in [6.07, 6.45) is 3.03. The Balaban J connectivity index is 2.79. The molecular weight excluding hydrogens is 176 g/mol. The number of nitrogens with zero attached hydrogens (tertiary/aromatic N) is 3. The fourth-order valence-electron chi connectivity index (χ4n) is 0.887. The van der Waals surface area contributed by atoms with Gasteiger partial charge in [0.05, 0.1) is 6.20 Å². The largest absolute Gasteiger partial charge is 0.357 e. The van der Waals surface area contributed by atoms with E-state index in [0.29, 0.717) is 11.6 Å². The highest BCUT2D eigenvalue weighted by Crippen LogP contribution is 2.18. The van der Waals surface area contributed by atoms with Crippen molar-refractivity contribution in [2.24, 2.45) is 5.73 Å². The highest BCUT2D eigenvalue weighted by molar-refractivity contribution is 6.32. The molecule has 12 heavy (non-hydrogen) atoms. The monoisotopic (exact) mass is 186 g/mol. The first-order chi connectivity index (χ1) is 5.75. The summed E-state index contributed by atoms with van der Waals surface area (Å²) in [6.45, 7) is 1.31. The van der Waals surface area contributed by atoms with E-state index in [0.717, 1.165) is 12.4 Å². The van der Waals surface area contributed by atoms with Gasteiger partial charge in [0.1, 0.15) is 11.3 Å². The molecule has 0 amide bonds. The fraction of sp³-hybridized carbons (Fsp3) is 0.429. The second-order valence-corrected chi connectivity index (χ2v) is 2.81. The maximum Gasteiger partial charge on any atom is 0.150 e. The van der Waals surface area contributed by atoms with Crippen molar-refractivity contribution in [2.45, 2.75) is 0 Å². The van der Waals surface area contributed by atoms with Crippen LogP contribution in [-0.4, -0.2) is 30.1 Å². The van der Waals surface area contributed by atoms with Crippen molar-refractivity contribution < 1.29 is 0 Å². The number of aromatic nitrogens is 2. The van der Waals surface area contributed by atoms with Crippen molar-refractivity contribution in [2.75, 3.05) is 25.0 Å². The first kappa shape index (κ1) is 9.22. The highest BCUT2D eigenvalue weighted by atomic mass is 35.5. The van der Waals surface area contributed by atoms with E-state index >= 15 is 0 Å². The Morgan fingerprint density at radius 2 is 2.42 bits per heavy atom. The van der Waals surface area contributed by atoms with E-state index in [2.05, 4.69) is 9.97 Å². The number of likely N-dealkylation sites (N-methyl/N-ethyl adjacent to an activating group) is 1. The Bertz CT molecular complexity index is 253. The first-order valence-electron chi connectivity index (χ1n) is 3.62. The van der Waals surface area contributed by atoms with Gasteiger partial charge in [-0.05, 0) is 0 Å². The second-order valence-electron chi connectivity index (χ2n) is 2.40. The Morgan fingerprint density at radius 1 is 1.67 bits per heavy atom. The molecule has 0 aliphatic rings. The molecule has 0 bridgehead atoms. The molecule has 2 N–H and O–H groups in total. The van der Waals surface area contributed by atoms with Crippen molar-refractivity contribution in [3.05, 3.63) is 17.5 Å². The minimum Gasteiger partial charge on any atom is -0.357 e. The molecule has 0 radical (unpaired) electrons. The van der Waals surface area contributed by atoms with Gasteiger partial charge in [0.25, 0.3) is 0 Å². The molecule has 0 saturated heterocycles.